The van der Waals surface area contributed by atoms with Crippen LogP contribution in [0, 0.1) is 0 Å². The summed E-state index contributed by atoms with van der Waals surface area (Å²) in [4.78, 5) is 26.6. The molecule has 0 amide bonds. The lowest BCUT2D eigenvalue weighted by atomic mass is 10.2. The zero-order valence-corrected chi connectivity index (χ0v) is 11.2. The number of anilines is 1. The summed E-state index contributed by atoms with van der Waals surface area (Å²) in [7, 11) is 0. The molecule has 0 spiro atoms. The van der Waals surface area contributed by atoms with Crippen molar-refractivity contribution >= 4 is 17.7 Å². The van der Waals surface area contributed by atoms with Crippen LogP contribution in [0.1, 0.15) is 19.0 Å². The topological polar surface area (TPSA) is 110 Å². The number of aromatic nitrogens is 4. The van der Waals surface area contributed by atoms with Crippen LogP contribution < -0.4 is 16.8 Å². The lowest BCUT2D eigenvalue weighted by Crippen LogP contribution is -2.11. The molecule has 4 N–H and O–H groups in total. The van der Waals surface area contributed by atoms with Crippen molar-refractivity contribution in [2.75, 3.05) is 5.43 Å². The van der Waals surface area contributed by atoms with Gasteiger partial charge in [-0.1, -0.05) is 13.3 Å². The number of aromatic amines is 1. The molecule has 19 heavy (non-hydrogen) atoms. The minimum atomic E-state index is -0.160. The van der Waals surface area contributed by atoms with Crippen LogP contribution in [0.4, 0.5) is 5.95 Å². The Bertz CT molecular complexity index is 614. The van der Waals surface area contributed by atoms with Crippen molar-refractivity contribution in [3.8, 4) is 0 Å². The highest BCUT2D eigenvalue weighted by Crippen LogP contribution is 2.22. The Morgan fingerprint density at radius 2 is 2.32 bits per heavy atom. The van der Waals surface area contributed by atoms with Crippen molar-refractivity contribution < 1.29 is 0 Å². The number of nitrogen functional groups attached to an aromatic ring is 1. The first-order valence-corrected chi connectivity index (χ1v) is 6.60. The van der Waals surface area contributed by atoms with E-state index in [-0.39, 0.29) is 5.56 Å². The average molecular weight is 278 g/mol. The molecule has 0 aliphatic rings. The first kappa shape index (κ1) is 13.5. The predicted molar refractivity (Wildman–Crippen MR) is 72.8 cm³/mol. The Morgan fingerprint density at radius 1 is 1.47 bits per heavy atom. The minimum Gasteiger partial charge on any atom is -0.301 e. The molecule has 0 bridgehead atoms. The van der Waals surface area contributed by atoms with E-state index in [1.54, 1.807) is 12.3 Å². The van der Waals surface area contributed by atoms with Gasteiger partial charge in [0, 0.05) is 18.0 Å². The molecule has 2 aromatic rings. The second-order valence-electron chi connectivity index (χ2n) is 3.76. The Labute approximate surface area is 114 Å². The van der Waals surface area contributed by atoms with Crippen LogP contribution in [0.2, 0.25) is 0 Å². The minimum absolute atomic E-state index is 0.160. The second kappa shape index (κ2) is 6.30. The molecule has 0 saturated heterocycles. The van der Waals surface area contributed by atoms with E-state index >= 15 is 0 Å². The average Bonchev–Trinajstić information content (AvgIpc) is 2.38. The quantitative estimate of drug-likeness (QED) is 0.323. The van der Waals surface area contributed by atoms with Crippen LogP contribution in [0.25, 0.3) is 0 Å². The summed E-state index contributed by atoms with van der Waals surface area (Å²) in [5.74, 6) is 5.56. The van der Waals surface area contributed by atoms with Gasteiger partial charge < -0.3 is 4.98 Å². The molecule has 2 aromatic heterocycles. The Kier molecular flexibility index (Phi) is 4.48. The third kappa shape index (κ3) is 3.76. The fraction of sp³-hybridized carbons (Fsp3) is 0.273. The van der Waals surface area contributed by atoms with E-state index in [2.05, 4.69) is 25.4 Å². The molecule has 0 aliphatic heterocycles. The summed E-state index contributed by atoms with van der Waals surface area (Å²) in [6.07, 6.45) is 3.30. The van der Waals surface area contributed by atoms with Crippen LogP contribution in [0.15, 0.2) is 33.3 Å². The van der Waals surface area contributed by atoms with E-state index in [0.29, 0.717) is 16.1 Å². The van der Waals surface area contributed by atoms with Crippen molar-refractivity contribution in [1.29, 1.82) is 0 Å². The van der Waals surface area contributed by atoms with Crippen LogP contribution in [0.3, 0.4) is 0 Å². The number of aryl methyl sites for hydroxylation is 1. The van der Waals surface area contributed by atoms with E-state index < -0.39 is 0 Å². The summed E-state index contributed by atoms with van der Waals surface area (Å²) in [5.41, 5.74) is 2.99. The van der Waals surface area contributed by atoms with Crippen molar-refractivity contribution in [1.82, 2.24) is 19.9 Å². The Hall–Kier alpha value is -1.93. The molecule has 0 fully saturated rings. The molecule has 0 unspecified atom stereocenters. The number of rotatable bonds is 5. The fourth-order valence-electron chi connectivity index (χ4n) is 1.48. The largest absolute Gasteiger partial charge is 0.301 e. The van der Waals surface area contributed by atoms with Crippen LogP contribution >= 0.6 is 11.8 Å². The molecule has 0 radical (unpaired) electrons. The van der Waals surface area contributed by atoms with E-state index in [9.17, 15) is 4.79 Å². The standard InChI is InChI=1S/C11H14N6OS/c1-2-3-7-6-8(18)15-11(14-7)19-9-4-5-13-10(16-9)17-12/h4-6H,2-3,12H2,1H3,(H,13,16,17)(H,14,15,18). The number of nitrogens with zero attached hydrogens (tertiary/aromatic N) is 3. The van der Waals surface area contributed by atoms with Gasteiger partial charge in [0.15, 0.2) is 5.16 Å². The van der Waals surface area contributed by atoms with Crippen molar-refractivity contribution in [2.24, 2.45) is 5.84 Å². The Balaban J connectivity index is 2.24. The molecular formula is C11H14N6OS. The molecule has 0 aromatic carbocycles. The number of nitrogens with two attached hydrogens (primary N) is 1. The summed E-state index contributed by atoms with van der Waals surface area (Å²) in [5, 5.41) is 1.16. The first-order chi connectivity index (χ1) is 9.21. The summed E-state index contributed by atoms with van der Waals surface area (Å²) in [6, 6.07) is 3.23. The molecule has 8 heteroatoms. The van der Waals surface area contributed by atoms with Crippen LogP contribution in [-0.4, -0.2) is 19.9 Å². The van der Waals surface area contributed by atoms with Gasteiger partial charge in [0.25, 0.3) is 5.56 Å². The smallest absolute Gasteiger partial charge is 0.251 e. The number of H-pyrrole nitrogens is 1. The van der Waals surface area contributed by atoms with Crippen molar-refractivity contribution in [3.63, 3.8) is 0 Å². The van der Waals surface area contributed by atoms with E-state index in [4.69, 9.17) is 5.84 Å². The SMILES string of the molecule is CCCc1cc(=O)[nH]c(Sc2ccnc(NN)n2)n1. The number of hydrogen-bond acceptors (Lipinski definition) is 7. The van der Waals surface area contributed by atoms with E-state index in [0.717, 1.165) is 18.5 Å². The summed E-state index contributed by atoms with van der Waals surface area (Å²) in [6.45, 7) is 2.04. The third-order valence-electron chi connectivity index (χ3n) is 2.24. The zero-order chi connectivity index (χ0) is 13.7. The molecule has 100 valence electrons. The highest BCUT2D eigenvalue weighted by molar-refractivity contribution is 7.99. The maximum Gasteiger partial charge on any atom is 0.251 e. The molecule has 2 heterocycles. The molecule has 0 atom stereocenters. The van der Waals surface area contributed by atoms with Gasteiger partial charge >= 0.3 is 0 Å². The molecule has 2 rings (SSSR count). The number of hydrogen-bond donors (Lipinski definition) is 3. The van der Waals surface area contributed by atoms with Crippen LogP contribution in [-0.2, 0) is 6.42 Å². The van der Waals surface area contributed by atoms with Gasteiger partial charge in [-0.15, -0.1) is 0 Å². The number of hydrazine groups is 1. The lowest BCUT2D eigenvalue weighted by molar-refractivity contribution is 0.815. The van der Waals surface area contributed by atoms with Crippen molar-refractivity contribution in [3.05, 3.63) is 34.4 Å². The maximum atomic E-state index is 11.5. The van der Waals surface area contributed by atoms with Crippen LogP contribution in [0.5, 0.6) is 0 Å². The van der Waals surface area contributed by atoms with Gasteiger partial charge in [-0.3, -0.25) is 10.2 Å². The normalized spacial score (nSPS) is 10.4. The molecule has 0 aliphatic carbocycles. The fourth-order valence-corrected chi connectivity index (χ4v) is 2.26. The number of nitrogens with one attached hydrogen (secondary N) is 2. The second-order valence-corrected chi connectivity index (χ2v) is 4.77. The predicted octanol–water partition coefficient (Wildman–Crippen LogP) is 0.949. The lowest BCUT2D eigenvalue weighted by Gasteiger charge is -2.03. The van der Waals surface area contributed by atoms with E-state index in [1.165, 1.54) is 17.8 Å². The summed E-state index contributed by atoms with van der Waals surface area (Å²) < 4.78 is 0. The first-order valence-electron chi connectivity index (χ1n) is 5.79. The van der Waals surface area contributed by atoms with Gasteiger partial charge in [0.05, 0.1) is 0 Å². The third-order valence-corrected chi connectivity index (χ3v) is 3.06. The molecular weight excluding hydrogens is 264 g/mol. The Morgan fingerprint density at radius 3 is 3.05 bits per heavy atom. The van der Waals surface area contributed by atoms with E-state index in [1.807, 2.05) is 6.92 Å². The van der Waals surface area contributed by atoms with Crippen molar-refractivity contribution in [2.45, 2.75) is 29.9 Å². The van der Waals surface area contributed by atoms with Gasteiger partial charge in [0.2, 0.25) is 5.95 Å². The highest BCUT2D eigenvalue weighted by Gasteiger charge is 2.05. The van der Waals surface area contributed by atoms with Gasteiger partial charge in [-0.05, 0) is 24.2 Å². The monoisotopic (exact) mass is 278 g/mol. The van der Waals surface area contributed by atoms with Gasteiger partial charge in [-0.2, -0.15) is 0 Å². The molecule has 7 nitrogen and oxygen atoms in total. The maximum absolute atomic E-state index is 11.5. The summed E-state index contributed by atoms with van der Waals surface area (Å²) >= 11 is 1.26. The highest BCUT2D eigenvalue weighted by atomic mass is 32.2. The van der Waals surface area contributed by atoms with Gasteiger partial charge in [0.1, 0.15) is 5.03 Å². The van der Waals surface area contributed by atoms with Gasteiger partial charge in [-0.25, -0.2) is 20.8 Å². The molecule has 0 saturated carbocycles. The zero-order valence-electron chi connectivity index (χ0n) is 10.4.